The molecule has 19 heavy (non-hydrogen) atoms. The Bertz CT molecular complexity index is 316. The Labute approximate surface area is 112 Å². The molecule has 0 atom stereocenters. The van der Waals surface area contributed by atoms with Crippen molar-refractivity contribution in [2.45, 2.75) is 19.9 Å². The summed E-state index contributed by atoms with van der Waals surface area (Å²) in [6, 6.07) is -0.368. The third-order valence-corrected chi connectivity index (χ3v) is 2.56. The average molecular weight is 275 g/mol. The Kier molecular flexibility index (Phi) is 7.50. The summed E-state index contributed by atoms with van der Waals surface area (Å²) in [4.78, 5) is 35.5. The highest BCUT2D eigenvalue weighted by Gasteiger charge is 2.19. The SMILES string of the molecule is CC(C)N(C)CCNC(=O)N(CC(=O)O)CC(=O)O. The van der Waals surface area contributed by atoms with E-state index in [0.29, 0.717) is 19.1 Å². The van der Waals surface area contributed by atoms with Crippen molar-refractivity contribution in [3.8, 4) is 0 Å². The maximum atomic E-state index is 11.6. The first-order valence-corrected chi connectivity index (χ1v) is 5.90. The molecule has 0 heterocycles. The average Bonchev–Trinajstić information content (AvgIpc) is 2.26. The molecule has 110 valence electrons. The van der Waals surface area contributed by atoms with Crippen molar-refractivity contribution in [3.63, 3.8) is 0 Å². The van der Waals surface area contributed by atoms with Crippen LogP contribution in [-0.2, 0) is 9.59 Å². The predicted molar refractivity (Wildman–Crippen MR) is 68.0 cm³/mol. The topological polar surface area (TPSA) is 110 Å². The van der Waals surface area contributed by atoms with Crippen molar-refractivity contribution in [3.05, 3.63) is 0 Å². The van der Waals surface area contributed by atoms with Gasteiger partial charge >= 0.3 is 18.0 Å². The summed E-state index contributed by atoms with van der Waals surface area (Å²) in [5.74, 6) is -2.51. The van der Waals surface area contributed by atoms with Crippen LogP contribution in [0, 0.1) is 0 Å². The molecule has 8 nitrogen and oxygen atoms in total. The first kappa shape index (κ1) is 17.2. The number of urea groups is 1. The molecule has 8 heteroatoms. The molecule has 0 radical (unpaired) electrons. The minimum absolute atomic E-state index is 0.323. The lowest BCUT2D eigenvalue weighted by atomic mass is 10.3. The summed E-state index contributed by atoms with van der Waals surface area (Å²) in [5, 5.41) is 19.7. The Morgan fingerprint density at radius 3 is 1.95 bits per heavy atom. The van der Waals surface area contributed by atoms with Gasteiger partial charge in [-0.15, -0.1) is 0 Å². The van der Waals surface area contributed by atoms with Crippen molar-refractivity contribution in [2.75, 3.05) is 33.2 Å². The second-order valence-electron chi connectivity index (χ2n) is 4.45. The first-order valence-electron chi connectivity index (χ1n) is 5.90. The van der Waals surface area contributed by atoms with Gasteiger partial charge in [-0.2, -0.15) is 0 Å². The quantitative estimate of drug-likeness (QED) is 0.551. The Hall–Kier alpha value is -1.83. The van der Waals surface area contributed by atoms with Gasteiger partial charge in [0.1, 0.15) is 13.1 Å². The molecule has 0 bridgehead atoms. The molecule has 0 aliphatic rings. The molecule has 0 aliphatic carbocycles. The van der Waals surface area contributed by atoms with Crippen LogP contribution in [0.3, 0.4) is 0 Å². The first-order chi connectivity index (χ1) is 8.73. The van der Waals surface area contributed by atoms with E-state index >= 15 is 0 Å². The van der Waals surface area contributed by atoms with Crippen LogP contribution < -0.4 is 5.32 Å². The standard InChI is InChI=1S/C11H21N3O5/c1-8(2)13(3)5-4-12-11(19)14(6-9(15)16)7-10(17)18/h8H,4-7H2,1-3H3,(H,12,19)(H,15,16)(H,17,18). The lowest BCUT2D eigenvalue weighted by Crippen LogP contribution is -2.47. The molecule has 3 N–H and O–H groups in total. The van der Waals surface area contributed by atoms with Crippen LogP contribution in [0.4, 0.5) is 4.79 Å². The smallest absolute Gasteiger partial charge is 0.323 e. The van der Waals surface area contributed by atoms with Crippen molar-refractivity contribution >= 4 is 18.0 Å². The van der Waals surface area contributed by atoms with E-state index in [0.717, 1.165) is 4.90 Å². The maximum Gasteiger partial charge on any atom is 0.323 e. The number of amides is 2. The van der Waals surface area contributed by atoms with E-state index in [1.165, 1.54) is 0 Å². The van der Waals surface area contributed by atoms with Crippen molar-refractivity contribution in [2.24, 2.45) is 0 Å². The molecule has 0 aromatic rings. The fourth-order valence-corrected chi connectivity index (χ4v) is 1.24. The number of carboxylic acid groups (broad SMARTS) is 2. The number of carbonyl (C=O) groups is 3. The Morgan fingerprint density at radius 1 is 1.11 bits per heavy atom. The van der Waals surface area contributed by atoms with Crippen LogP contribution in [-0.4, -0.2) is 77.3 Å². The highest BCUT2D eigenvalue weighted by atomic mass is 16.4. The minimum Gasteiger partial charge on any atom is -0.480 e. The zero-order valence-corrected chi connectivity index (χ0v) is 11.4. The van der Waals surface area contributed by atoms with Gasteiger partial charge < -0.3 is 25.3 Å². The monoisotopic (exact) mass is 275 g/mol. The van der Waals surface area contributed by atoms with Gasteiger partial charge in [-0.3, -0.25) is 9.59 Å². The number of nitrogens with zero attached hydrogens (tertiary/aromatic N) is 2. The molecule has 0 spiro atoms. The number of likely N-dealkylation sites (N-methyl/N-ethyl adjacent to an activating group) is 1. The molecule has 0 aromatic heterocycles. The fourth-order valence-electron chi connectivity index (χ4n) is 1.24. The Morgan fingerprint density at radius 2 is 1.58 bits per heavy atom. The van der Waals surface area contributed by atoms with Crippen LogP contribution in [0.15, 0.2) is 0 Å². The minimum atomic E-state index is -1.25. The number of hydrogen-bond acceptors (Lipinski definition) is 4. The fraction of sp³-hybridized carbons (Fsp3) is 0.727. The largest absolute Gasteiger partial charge is 0.480 e. The zero-order chi connectivity index (χ0) is 15.0. The van der Waals surface area contributed by atoms with E-state index in [-0.39, 0.29) is 0 Å². The van der Waals surface area contributed by atoms with Gasteiger partial charge in [-0.05, 0) is 20.9 Å². The van der Waals surface area contributed by atoms with Crippen molar-refractivity contribution < 1.29 is 24.6 Å². The summed E-state index contributed by atoms with van der Waals surface area (Å²) in [6.07, 6.45) is 0. The second-order valence-corrected chi connectivity index (χ2v) is 4.45. The summed E-state index contributed by atoms with van der Waals surface area (Å²) < 4.78 is 0. The van der Waals surface area contributed by atoms with Crippen LogP contribution in [0.1, 0.15) is 13.8 Å². The van der Waals surface area contributed by atoms with Crippen LogP contribution in [0.2, 0.25) is 0 Å². The van der Waals surface area contributed by atoms with E-state index < -0.39 is 31.1 Å². The summed E-state index contributed by atoms with van der Waals surface area (Å²) >= 11 is 0. The molecule has 0 fully saturated rings. The van der Waals surface area contributed by atoms with E-state index in [1.54, 1.807) is 0 Å². The lowest BCUT2D eigenvalue weighted by Gasteiger charge is -2.23. The van der Waals surface area contributed by atoms with Gasteiger partial charge in [0.25, 0.3) is 0 Å². The van der Waals surface area contributed by atoms with Gasteiger partial charge in [0.2, 0.25) is 0 Å². The molecule has 0 aromatic carbocycles. The third-order valence-electron chi connectivity index (χ3n) is 2.56. The zero-order valence-electron chi connectivity index (χ0n) is 11.4. The summed E-state index contributed by atoms with van der Waals surface area (Å²) in [7, 11) is 1.89. The number of carboxylic acids is 2. The summed E-state index contributed by atoms with van der Waals surface area (Å²) in [5.41, 5.74) is 0. The van der Waals surface area contributed by atoms with Crippen molar-refractivity contribution in [1.82, 2.24) is 15.1 Å². The third kappa shape index (κ3) is 7.98. The van der Waals surface area contributed by atoms with Gasteiger partial charge in [0.15, 0.2) is 0 Å². The van der Waals surface area contributed by atoms with Gasteiger partial charge in [-0.25, -0.2) is 4.79 Å². The van der Waals surface area contributed by atoms with Crippen LogP contribution in [0.25, 0.3) is 0 Å². The normalized spacial score (nSPS) is 10.6. The van der Waals surface area contributed by atoms with Crippen molar-refractivity contribution in [1.29, 1.82) is 0 Å². The van der Waals surface area contributed by atoms with E-state index in [9.17, 15) is 14.4 Å². The molecule has 2 amide bonds. The van der Waals surface area contributed by atoms with Gasteiger partial charge in [0, 0.05) is 19.1 Å². The Balaban J connectivity index is 4.24. The number of hydrogen-bond donors (Lipinski definition) is 3. The summed E-state index contributed by atoms with van der Waals surface area (Å²) in [6.45, 7) is 3.64. The van der Waals surface area contributed by atoms with E-state index in [2.05, 4.69) is 5.32 Å². The highest BCUT2D eigenvalue weighted by molar-refractivity contribution is 5.84. The second kappa shape index (κ2) is 8.30. The van der Waals surface area contributed by atoms with E-state index in [4.69, 9.17) is 10.2 Å². The number of carbonyl (C=O) groups excluding carboxylic acids is 1. The molecule has 0 rings (SSSR count). The molecule has 0 saturated heterocycles. The molecule has 0 saturated carbocycles. The van der Waals surface area contributed by atoms with E-state index in [1.807, 2.05) is 25.8 Å². The molecular weight excluding hydrogens is 254 g/mol. The van der Waals surface area contributed by atoms with Gasteiger partial charge in [-0.1, -0.05) is 0 Å². The number of rotatable bonds is 8. The molecule has 0 aliphatic heterocycles. The van der Waals surface area contributed by atoms with Crippen LogP contribution in [0.5, 0.6) is 0 Å². The number of nitrogens with one attached hydrogen (secondary N) is 1. The molecule has 0 unspecified atom stereocenters. The number of aliphatic carboxylic acids is 2. The molecular formula is C11H21N3O5. The van der Waals surface area contributed by atoms with Gasteiger partial charge in [0.05, 0.1) is 0 Å². The lowest BCUT2D eigenvalue weighted by molar-refractivity contribution is -0.140. The van der Waals surface area contributed by atoms with Crippen LogP contribution >= 0.6 is 0 Å². The highest BCUT2D eigenvalue weighted by Crippen LogP contribution is 1.93. The predicted octanol–water partition coefficient (Wildman–Crippen LogP) is -0.493. The maximum absolute atomic E-state index is 11.6.